The van der Waals surface area contributed by atoms with Gasteiger partial charge in [-0.1, -0.05) is 0 Å². The predicted octanol–water partition coefficient (Wildman–Crippen LogP) is -3.56. The van der Waals surface area contributed by atoms with E-state index in [1.54, 1.807) is 0 Å². The molecular weight excluding hydrogens is 744 g/mol. The molecule has 3 saturated heterocycles. The van der Waals surface area contributed by atoms with E-state index in [0.717, 1.165) is 12.1 Å². The molecule has 304 valence electrons. The van der Waals surface area contributed by atoms with Gasteiger partial charge in [0.25, 0.3) is 0 Å². The van der Waals surface area contributed by atoms with Crippen molar-refractivity contribution in [2.45, 2.75) is 99.0 Å². The van der Waals surface area contributed by atoms with Crippen molar-refractivity contribution < 1.29 is 98.9 Å². The molecule has 15 atom stereocenters. The van der Waals surface area contributed by atoms with Crippen molar-refractivity contribution in [2.75, 3.05) is 20.3 Å². The third kappa shape index (κ3) is 7.77. The average Bonchev–Trinajstić information content (AvgIpc) is 3.15. The molecule has 0 saturated carbocycles. The maximum Gasteiger partial charge on any atom is 0.239 e. The number of aromatic hydroxyl groups is 3. The predicted molar refractivity (Wildman–Crippen MR) is 178 cm³/mol. The minimum absolute atomic E-state index is 0.0276. The first kappa shape index (κ1) is 40.7. The van der Waals surface area contributed by atoms with Crippen LogP contribution in [0, 0.1) is 0 Å². The van der Waals surface area contributed by atoms with Crippen LogP contribution in [0.25, 0.3) is 22.3 Å². The number of benzene rings is 2. The lowest BCUT2D eigenvalue weighted by atomic mass is 9.97. The van der Waals surface area contributed by atoms with Gasteiger partial charge in [0, 0.05) is 17.7 Å². The molecule has 12 N–H and O–H groups in total. The molecule has 1 aromatic heterocycles. The number of aliphatic hydroxyl groups excluding tert-OH is 9. The largest absolute Gasteiger partial charge is 0.508 e. The maximum atomic E-state index is 14.2. The summed E-state index contributed by atoms with van der Waals surface area (Å²) in [7, 11) is 1.25. The molecule has 21 nitrogen and oxygen atoms in total. The van der Waals surface area contributed by atoms with Gasteiger partial charge in [0.05, 0.1) is 26.4 Å². The van der Waals surface area contributed by atoms with Gasteiger partial charge in [-0.25, -0.2) is 0 Å². The number of ether oxygens (including phenoxy) is 7. The summed E-state index contributed by atoms with van der Waals surface area (Å²) in [6, 6.07) is 5.62. The number of fused-ring (bicyclic) bond motifs is 1. The van der Waals surface area contributed by atoms with Crippen LogP contribution in [0.3, 0.4) is 0 Å². The van der Waals surface area contributed by atoms with Gasteiger partial charge in [0.15, 0.2) is 35.9 Å². The summed E-state index contributed by atoms with van der Waals surface area (Å²) in [5.41, 5.74) is -1.37. The molecule has 0 amide bonds. The van der Waals surface area contributed by atoms with Crippen molar-refractivity contribution in [3.8, 4) is 40.1 Å². The van der Waals surface area contributed by atoms with Gasteiger partial charge in [-0.05, 0) is 25.1 Å². The Morgan fingerprint density at radius 1 is 0.709 bits per heavy atom. The van der Waals surface area contributed by atoms with Gasteiger partial charge in [-0.3, -0.25) is 4.79 Å². The second kappa shape index (κ2) is 16.3. The molecule has 3 aromatic rings. The zero-order valence-corrected chi connectivity index (χ0v) is 29.0. The van der Waals surface area contributed by atoms with E-state index >= 15 is 0 Å². The smallest absolute Gasteiger partial charge is 0.239 e. The van der Waals surface area contributed by atoms with Crippen molar-refractivity contribution >= 4 is 11.0 Å². The van der Waals surface area contributed by atoms with Crippen LogP contribution < -0.4 is 14.9 Å². The van der Waals surface area contributed by atoms with Crippen LogP contribution in [0.15, 0.2) is 39.5 Å². The Balaban J connectivity index is 1.41. The van der Waals surface area contributed by atoms with Crippen LogP contribution in [0.2, 0.25) is 0 Å². The maximum absolute atomic E-state index is 14.2. The highest BCUT2D eigenvalue weighted by atomic mass is 16.8. The Bertz CT molecular complexity index is 1870. The van der Waals surface area contributed by atoms with Gasteiger partial charge in [-0.2, -0.15) is 0 Å². The standard InChI is InChI=1S/C34H42O21/c1-10-20(39)24(43)28(47)33(50-10)55-31-26(45)22(41)18(9-49-32-27(46)25(44)21(40)17(8-35)52-32)53-34(31)54-30-23(42)19-14(38)6-12(36)7-16(19)51-29(30)11-3-4-13(37)15(5-11)48-2/h3-7,10,17-18,20-22,24-28,31-41,43-47H,8-9H2,1-2H3/t10-,17+,18+,20-,21+,22+,24+,25-,26-,27+,28+,31+,32+,33-,34-/m0/s1. The highest BCUT2D eigenvalue weighted by Crippen LogP contribution is 2.40. The Morgan fingerprint density at radius 2 is 1.36 bits per heavy atom. The van der Waals surface area contributed by atoms with Crippen molar-refractivity contribution in [1.29, 1.82) is 0 Å². The minimum atomic E-state index is -2.06. The van der Waals surface area contributed by atoms with E-state index in [-0.39, 0.29) is 22.6 Å². The zero-order chi connectivity index (χ0) is 40.0. The fourth-order valence-electron chi connectivity index (χ4n) is 6.46. The molecule has 6 rings (SSSR count). The number of hydrogen-bond donors (Lipinski definition) is 12. The number of aliphatic hydroxyl groups is 9. The summed E-state index contributed by atoms with van der Waals surface area (Å²) in [6.45, 7) is -0.187. The van der Waals surface area contributed by atoms with Gasteiger partial charge in [0.2, 0.25) is 17.5 Å². The Hall–Kier alpha value is -3.91. The summed E-state index contributed by atoms with van der Waals surface area (Å²) in [6.07, 6.45) is -26.3. The van der Waals surface area contributed by atoms with Gasteiger partial charge in [-0.15, -0.1) is 0 Å². The van der Waals surface area contributed by atoms with Gasteiger partial charge >= 0.3 is 0 Å². The second-order valence-corrected chi connectivity index (χ2v) is 13.3. The third-order valence-corrected chi connectivity index (χ3v) is 9.61. The highest BCUT2D eigenvalue weighted by Gasteiger charge is 2.52. The summed E-state index contributed by atoms with van der Waals surface area (Å²) in [5.74, 6) is -2.73. The summed E-state index contributed by atoms with van der Waals surface area (Å²) < 4.78 is 45.4. The van der Waals surface area contributed by atoms with Crippen molar-refractivity contribution in [1.82, 2.24) is 0 Å². The SMILES string of the molecule is COc1cc(-c2oc3cc(O)cc(O)c3c(=O)c2O[C@@H]2O[C@H](CO[C@@H]3O[C@H](CO)[C@@H](O)[C@H](O)[C@H]3O)[C@@H](O)[C@H](O)[C@H]2O[C@@H]2O[C@@H](C)[C@H](O)[C@@H](O)[C@H]2O)ccc1O. The van der Waals surface area contributed by atoms with Gasteiger partial charge < -0.3 is 98.9 Å². The van der Waals surface area contributed by atoms with Crippen LogP contribution in [0.5, 0.6) is 28.7 Å². The first-order valence-electron chi connectivity index (χ1n) is 16.9. The molecule has 0 aliphatic carbocycles. The van der Waals surface area contributed by atoms with Crippen LogP contribution in [-0.4, -0.2) is 174 Å². The molecular formula is C34H42O21. The van der Waals surface area contributed by atoms with E-state index in [9.17, 15) is 66.1 Å². The van der Waals surface area contributed by atoms with Crippen molar-refractivity contribution in [3.05, 3.63) is 40.6 Å². The first-order valence-corrected chi connectivity index (χ1v) is 16.9. The molecule has 3 aliphatic heterocycles. The van der Waals surface area contributed by atoms with E-state index in [1.165, 1.54) is 32.2 Å². The van der Waals surface area contributed by atoms with E-state index in [1.807, 2.05) is 0 Å². The molecule has 0 radical (unpaired) electrons. The highest BCUT2D eigenvalue weighted by molar-refractivity contribution is 5.88. The number of phenols is 3. The summed E-state index contributed by atoms with van der Waals surface area (Å²) in [4.78, 5) is 14.2. The fraction of sp³-hybridized carbons (Fsp3) is 0.559. The van der Waals surface area contributed by atoms with E-state index in [4.69, 9.17) is 37.6 Å². The Kier molecular flexibility index (Phi) is 12.1. The molecule has 4 heterocycles. The Labute approximate surface area is 309 Å². The number of hydrogen-bond acceptors (Lipinski definition) is 21. The monoisotopic (exact) mass is 786 g/mol. The minimum Gasteiger partial charge on any atom is -0.508 e. The van der Waals surface area contributed by atoms with E-state index in [2.05, 4.69) is 0 Å². The lowest BCUT2D eigenvalue weighted by Crippen LogP contribution is -2.65. The average molecular weight is 787 g/mol. The van der Waals surface area contributed by atoms with Crippen LogP contribution in [0.4, 0.5) is 0 Å². The topological polar surface area (TPSA) is 338 Å². The summed E-state index contributed by atoms with van der Waals surface area (Å²) in [5, 5.41) is 125. The molecule has 3 fully saturated rings. The van der Waals surface area contributed by atoms with E-state index in [0.29, 0.717) is 0 Å². The Morgan fingerprint density at radius 3 is 2.05 bits per heavy atom. The molecule has 0 unspecified atom stereocenters. The van der Waals surface area contributed by atoms with Gasteiger partial charge in [0.1, 0.15) is 83.5 Å². The quantitative estimate of drug-likeness (QED) is 0.0946. The fourth-order valence-corrected chi connectivity index (χ4v) is 6.46. The number of methoxy groups -OCH3 is 1. The lowest BCUT2D eigenvalue weighted by molar-refractivity contribution is -0.360. The second-order valence-electron chi connectivity index (χ2n) is 13.3. The van der Waals surface area contributed by atoms with Crippen LogP contribution >= 0.6 is 0 Å². The molecule has 21 heteroatoms. The van der Waals surface area contributed by atoms with Crippen molar-refractivity contribution in [3.63, 3.8) is 0 Å². The molecule has 55 heavy (non-hydrogen) atoms. The third-order valence-electron chi connectivity index (χ3n) is 9.61. The van der Waals surface area contributed by atoms with Crippen LogP contribution in [-0.2, 0) is 23.7 Å². The zero-order valence-electron chi connectivity index (χ0n) is 29.0. The lowest BCUT2D eigenvalue weighted by Gasteiger charge is -2.46. The molecule has 0 bridgehead atoms. The number of phenolic OH excluding ortho intramolecular Hbond substituents is 3. The normalized spacial score (nSPS) is 36.8. The van der Waals surface area contributed by atoms with Crippen LogP contribution in [0.1, 0.15) is 6.92 Å². The first-order chi connectivity index (χ1) is 26.1. The molecule has 3 aliphatic rings. The molecule has 2 aromatic carbocycles. The molecule has 0 spiro atoms. The van der Waals surface area contributed by atoms with Crippen molar-refractivity contribution in [2.24, 2.45) is 0 Å². The number of rotatable bonds is 10. The summed E-state index contributed by atoms with van der Waals surface area (Å²) >= 11 is 0. The van der Waals surface area contributed by atoms with E-state index < -0.39 is 139 Å².